The van der Waals surface area contributed by atoms with Crippen LogP contribution in [0.3, 0.4) is 0 Å². The fraction of sp³-hybridized carbons (Fsp3) is 0.588. The molecule has 3 rings (SSSR count). The molecule has 1 fully saturated rings. The summed E-state index contributed by atoms with van der Waals surface area (Å²) in [6, 6.07) is 7.86. The molecule has 0 unspecified atom stereocenters. The summed E-state index contributed by atoms with van der Waals surface area (Å²) in [5.74, 6) is 2.42. The molecule has 0 amide bonds. The predicted molar refractivity (Wildman–Crippen MR) is 88.7 cm³/mol. The van der Waals surface area contributed by atoms with Crippen LogP contribution in [0.5, 0.6) is 5.75 Å². The van der Waals surface area contributed by atoms with Crippen molar-refractivity contribution < 1.29 is 4.74 Å². The molecule has 6 nitrogen and oxygen atoms in total. The Balaban J connectivity index is 2.05. The Morgan fingerprint density at radius 1 is 1.30 bits per heavy atom. The summed E-state index contributed by atoms with van der Waals surface area (Å²) in [6.07, 6.45) is 4.48. The minimum atomic E-state index is -0.161. The Labute approximate surface area is 137 Å². The maximum absolute atomic E-state index is 5.48. The van der Waals surface area contributed by atoms with Gasteiger partial charge in [0.25, 0.3) is 0 Å². The van der Waals surface area contributed by atoms with Gasteiger partial charge in [-0.05, 0) is 60.7 Å². The van der Waals surface area contributed by atoms with Gasteiger partial charge in [-0.25, -0.2) is 0 Å². The van der Waals surface area contributed by atoms with E-state index in [1.54, 1.807) is 7.11 Å². The Kier molecular flexibility index (Phi) is 4.61. The molecule has 1 saturated carbocycles. The summed E-state index contributed by atoms with van der Waals surface area (Å²) >= 11 is 0. The fourth-order valence-electron chi connectivity index (χ4n) is 3.53. The molecule has 0 atom stereocenters. The highest BCUT2D eigenvalue weighted by Gasteiger charge is 2.40. The minimum absolute atomic E-state index is 0.161. The van der Waals surface area contributed by atoms with Gasteiger partial charge in [-0.15, -0.1) is 5.10 Å². The van der Waals surface area contributed by atoms with Crippen molar-refractivity contribution in [1.29, 1.82) is 0 Å². The summed E-state index contributed by atoms with van der Waals surface area (Å²) in [5, 5.41) is 16.3. The van der Waals surface area contributed by atoms with Crippen LogP contribution in [0.4, 0.5) is 0 Å². The van der Waals surface area contributed by atoms with Crippen molar-refractivity contribution in [3.63, 3.8) is 0 Å². The number of rotatable bonds is 5. The van der Waals surface area contributed by atoms with E-state index < -0.39 is 0 Å². The minimum Gasteiger partial charge on any atom is -0.494 e. The van der Waals surface area contributed by atoms with Gasteiger partial charge in [0.1, 0.15) is 11.4 Å². The quantitative estimate of drug-likeness (QED) is 0.919. The molecular weight excluding hydrogens is 290 g/mol. The van der Waals surface area contributed by atoms with Crippen molar-refractivity contribution in [1.82, 2.24) is 25.5 Å². The zero-order chi connectivity index (χ0) is 16.3. The number of benzene rings is 1. The molecule has 1 aromatic carbocycles. The zero-order valence-electron chi connectivity index (χ0n) is 14.1. The first kappa shape index (κ1) is 15.9. The van der Waals surface area contributed by atoms with Crippen LogP contribution >= 0.6 is 0 Å². The lowest BCUT2D eigenvalue weighted by molar-refractivity contribution is 0.185. The number of tetrazole rings is 1. The summed E-state index contributed by atoms with van der Waals surface area (Å²) < 4.78 is 7.32. The van der Waals surface area contributed by atoms with Crippen molar-refractivity contribution in [3.8, 4) is 11.4 Å². The highest BCUT2D eigenvalue weighted by Crippen LogP contribution is 2.39. The summed E-state index contributed by atoms with van der Waals surface area (Å²) in [7, 11) is 1.67. The molecule has 6 heteroatoms. The Hall–Kier alpha value is -1.95. The monoisotopic (exact) mass is 315 g/mol. The van der Waals surface area contributed by atoms with Gasteiger partial charge in [0.2, 0.25) is 0 Å². The molecule has 0 saturated heterocycles. The second-order valence-electron chi connectivity index (χ2n) is 6.38. The van der Waals surface area contributed by atoms with Crippen LogP contribution in [0.25, 0.3) is 5.69 Å². The predicted octanol–water partition coefficient (Wildman–Crippen LogP) is 2.69. The number of nitrogens with zero attached hydrogens (tertiary/aromatic N) is 4. The zero-order valence-corrected chi connectivity index (χ0v) is 14.1. The number of para-hydroxylation sites is 2. The fourth-order valence-corrected chi connectivity index (χ4v) is 3.53. The number of nitrogens with one attached hydrogen (secondary N) is 1. The van der Waals surface area contributed by atoms with Gasteiger partial charge >= 0.3 is 0 Å². The number of ether oxygens (including phenoxy) is 1. The number of hydrogen-bond acceptors (Lipinski definition) is 5. The van der Waals surface area contributed by atoms with Crippen molar-refractivity contribution >= 4 is 0 Å². The van der Waals surface area contributed by atoms with Crippen LogP contribution < -0.4 is 10.1 Å². The average molecular weight is 315 g/mol. The molecule has 124 valence electrons. The van der Waals surface area contributed by atoms with Gasteiger partial charge in [-0.3, -0.25) is 0 Å². The van der Waals surface area contributed by atoms with E-state index in [0.29, 0.717) is 0 Å². The van der Waals surface area contributed by atoms with E-state index in [1.807, 2.05) is 28.9 Å². The Morgan fingerprint density at radius 2 is 2.04 bits per heavy atom. The Morgan fingerprint density at radius 3 is 2.74 bits per heavy atom. The third-order valence-corrected chi connectivity index (χ3v) is 4.85. The first-order valence-electron chi connectivity index (χ1n) is 8.37. The highest BCUT2D eigenvalue weighted by atomic mass is 16.5. The van der Waals surface area contributed by atoms with Crippen LogP contribution in [0, 0.1) is 5.92 Å². The maximum atomic E-state index is 5.48. The van der Waals surface area contributed by atoms with Gasteiger partial charge in [-0.1, -0.05) is 26.0 Å². The van der Waals surface area contributed by atoms with Gasteiger partial charge in [0.15, 0.2) is 5.82 Å². The van der Waals surface area contributed by atoms with E-state index >= 15 is 0 Å². The number of aromatic nitrogens is 4. The smallest absolute Gasteiger partial charge is 0.176 e. The molecule has 0 radical (unpaired) electrons. The number of methoxy groups -OCH3 is 1. The van der Waals surface area contributed by atoms with Gasteiger partial charge in [-0.2, -0.15) is 4.68 Å². The second kappa shape index (κ2) is 6.66. The molecule has 1 aromatic heterocycles. The third-order valence-electron chi connectivity index (χ3n) is 4.85. The second-order valence-corrected chi connectivity index (χ2v) is 6.38. The molecule has 0 bridgehead atoms. The lowest BCUT2D eigenvalue weighted by atomic mass is 9.76. The van der Waals surface area contributed by atoms with E-state index in [1.165, 1.54) is 12.8 Å². The largest absolute Gasteiger partial charge is 0.494 e. The summed E-state index contributed by atoms with van der Waals surface area (Å²) in [6.45, 7) is 5.35. The first-order valence-corrected chi connectivity index (χ1v) is 8.37. The molecule has 2 aromatic rings. The molecule has 0 aliphatic heterocycles. The molecule has 0 spiro atoms. The van der Waals surface area contributed by atoms with Crippen LogP contribution in [0.1, 0.15) is 45.4 Å². The van der Waals surface area contributed by atoms with E-state index in [-0.39, 0.29) is 5.54 Å². The molecule has 1 aliphatic rings. The van der Waals surface area contributed by atoms with Crippen molar-refractivity contribution in [3.05, 3.63) is 30.1 Å². The molecule has 1 heterocycles. The van der Waals surface area contributed by atoms with Crippen molar-refractivity contribution in [2.24, 2.45) is 5.92 Å². The van der Waals surface area contributed by atoms with E-state index in [9.17, 15) is 0 Å². The van der Waals surface area contributed by atoms with Crippen LogP contribution in [-0.4, -0.2) is 33.9 Å². The standard InChI is InChI=1S/C17H25N5O/c1-4-18-17(11-9-13(2)10-12-17)16-19-20-21-22(16)14-7-5-6-8-15(14)23-3/h5-8,13,18H,4,9-12H2,1-3H3. The summed E-state index contributed by atoms with van der Waals surface area (Å²) in [4.78, 5) is 0. The lowest BCUT2D eigenvalue weighted by Gasteiger charge is -2.39. The lowest BCUT2D eigenvalue weighted by Crippen LogP contribution is -2.47. The van der Waals surface area contributed by atoms with Gasteiger partial charge < -0.3 is 10.1 Å². The first-order chi connectivity index (χ1) is 11.2. The van der Waals surface area contributed by atoms with Crippen LogP contribution in [0.2, 0.25) is 0 Å². The highest BCUT2D eigenvalue weighted by molar-refractivity contribution is 5.46. The summed E-state index contributed by atoms with van der Waals surface area (Å²) in [5.41, 5.74) is 0.719. The van der Waals surface area contributed by atoms with Crippen LogP contribution in [-0.2, 0) is 5.54 Å². The normalized spacial score (nSPS) is 24.6. The van der Waals surface area contributed by atoms with E-state index in [0.717, 1.165) is 42.6 Å². The maximum Gasteiger partial charge on any atom is 0.176 e. The topological polar surface area (TPSA) is 64.9 Å². The van der Waals surface area contributed by atoms with E-state index in [4.69, 9.17) is 4.74 Å². The Bertz CT molecular complexity index is 646. The number of hydrogen-bond donors (Lipinski definition) is 1. The molecular formula is C17H25N5O. The molecule has 1 aliphatic carbocycles. The van der Waals surface area contributed by atoms with Gasteiger partial charge in [0.05, 0.1) is 12.6 Å². The molecule has 23 heavy (non-hydrogen) atoms. The van der Waals surface area contributed by atoms with Gasteiger partial charge in [0, 0.05) is 0 Å². The SMILES string of the molecule is CCNC1(c2nnnn2-c2ccccc2OC)CCC(C)CC1. The third kappa shape index (κ3) is 2.95. The average Bonchev–Trinajstić information content (AvgIpc) is 3.07. The van der Waals surface area contributed by atoms with Crippen molar-refractivity contribution in [2.75, 3.05) is 13.7 Å². The van der Waals surface area contributed by atoms with E-state index in [2.05, 4.69) is 34.7 Å². The molecule has 1 N–H and O–H groups in total. The van der Waals surface area contributed by atoms with Crippen molar-refractivity contribution in [2.45, 2.75) is 45.1 Å². The van der Waals surface area contributed by atoms with Crippen LogP contribution in [0.15, 0.2) is 24.3 Å².